The third-order valence-electron chi connectivity index (χ3n) is 7.47. The minimum Gasteiger partial charge on any atom is -0.466 e. The van der Waals surface area contributed by atoms with Gasteiger partial charge in [-0.1, -0.05) is 69.2 Å². The number of fused-ring (bicyclic) bond motifs is 1. The molecule has 3 unspecified atom stereocenters. The summed E-state index contributed by atoms with van der Waals surface area (Å²) in [6.07, 6.45) is 6.48. The van der Waals surface area contributed by atoms with E-state index in [0.717, 1.165) is 31.3 Å². The maximum atomic E-state index is 13.5. The number of esters is 2. The van der Waals surface area contributed by atoms with Crippen LogP contribution in [0.3, 0.4) is 0 Å². The molecule has 0 saturated heterocycles. The van der Waals surface area contributed by atoms with Crippen LogP contribution in [-0.2, 0) is 24.7 Å². The highest BCUT2D eigenvalue weighted by molar-refractivity contribution is 5.85. The van der Waals surface area contributed by atoms with Crippen LogP contribution in [0.5, 0.6) is 0 Å². The van der Waals surface area contributed by atoms with Gasteiger partial charge in [0, 0.05) is 18.4 Å². The van der Waals surface area contributed by atoms with Crippen LogP contribution in [0, 0.1) is 22.7 Å². The molecule has 0 heterocycles. The van der Waals surface area contributed by atoms with Crippen LogP contribution in [0.1, 0.15) is 65.9 Å². The third kappa shape index (κ3) is 3.41. The van der Waals surface area contributed by atoms with E-state index in [9.17, 15) is 9.59 Å². The molecule has 3 rings (SSSR count). The Morgan fingerprint density at radius 3 is 2.34 bits per heavy atom. The van der Waals surface area contributed by atoms with Gasteiger partial charge >= 0.3 is 11.9 Å². The van der Waals surface area contributed by atoms with Gasteiger partial charge in [-0.25, -0.2) is 4.79 Å². The van der Waals surface area contributed by atoms with Crippen molar-refractivity contribution in [2.24, 2.45) is 22.7 Å². The molecule has 0 aliphatic heterocycles. The average Bonchev–Trinajstić information content (AvgIpc) is 2.65. The van der Waals surface area contributed by atoms with Crippen molar-refractivity contribution in [1.82, 2.24) is 0 Å². The van der Waals surface area contributed by atoms with Crippen molar-refractivity contribution in [3.05, 3.63) is 47.5 Å². The van der Waals surface area contributed by atoms with Crippen LogP contribution in [0.15, 0.2) is 42.0 Å². The molecule has 0 radical (unpaired) electrons. The molecule has 1 fully saturated rings. The van der Waals surface area contributed by atoms with E-state index < -0.39 is 17.5 Å². The van der Waals surface area contributed by atoms with E-state index in [4.69, 9.17) is 9.47 Å². The molecular formula is C25H34O4. The zero-order valence-electron chi connectivity index (χ0n) is 18.6. The minimum atomic E-state index is -1.50. The fraction of sp³-hybridized carbons (Fsp3) is 0.600. The number of carbonyl (C=O) groups excluding carboxylic acids is 2. The molecular weight excluding hydrogens is 364 g/mol. The summed E-state index contributed by atoms with van der Waals surface area (Å²) < 4.78 is 11.3. The van der Waals surface area contributed by atoms with Gasteiger partial charge in [0.25, 0.3) is 0 Å². The predicted octanol–water partition coefficient (Wildman–Crippen LogP) is 5.42. The first kappa shape index (κ1) is 21.6. The van der Waals surface area contributed by atoms with Crippen molar-refractivity contribution >= 4 is 11.9 Å². The molecule has 4 heteroatoms. The summed E-state index contributed by atoms with van der Waals surface area (Å²) in [4.78, 5) is 25.8. The number of rotatable bonds is 4. The maximum absolute atomic E-state index is 13.5. The molecule has 29 heavy (non-hydrogen) atoms. The molecule has 158 valence electrons. The van der Waals surface area contributed by atoms with Gasteiger partial charge in [-0.05, 0) is 42.9 Å². The molecule has 1 saturated carbocycles. The molecule has 0 N–H and O–H groups in total. The number of benzene rings is 1. The second-order valence-corrected chi connectivity index (χ2v) is 9.70. The topological polar surface area (TPSA) is 52.6 Å². The number of ether oxygens (including phenoxy) is 2. The lowest BCUT2D eigenvalue weighted by molar-refractivity contribution is -0.201. The average molecular weight is 399 g/mol. The Hall–Kier alpha value is -2.10. The summed E-state index contributed by atoms with van der Waals surface area (Å²) in [5.74, 6) is -0.887. The zero-order chi connectivity index (χ0) is 21.4. The molecule has 0 spiro atoms. The summed E-state index contributed by atoms with van der Waals surface area (Å²) in [5.41, 5.74) is 0.225. The molecule has 0 aromatic heterocycles. The Morgan fingerprint density at radius 2 is 1.76 bits per heavy atom. The standard InChI is InChI=1S/C25H34O4/c1-17-13-14-20-23(3,4)15-10-16-24(20,5)21(17)25(22(27)28-6,29-18(2)26)19-11-8-7-9-12-19/h7-9,11-13,20-21H,10,14-16H2,1-6H3/t20?,21?,24?,25-/m1/s1. The summed E-state index contributed by atoms with van der Waals surface area (Å²) in [6.45, 7) is 10.4. The minimum absolute atomic E-state index is 0.150. The van der Waals surface area contributed by atoms with Crippen LogP contribution in [0.4, 0.5) is 0 Å². The first-order valence-electron chi connectivity index (χ1n) is 10.6. The SMILES string of the molecule is COC(=O)[C@@](OC(C)=O)(c1ccccc1)C1C(C)=CCC2C(C)(C)CCCC21C. The molecule has 1 aromatic rings. The summed E-state index contributed by atoms with van der Waals surface area (Å²) in [7, 11) is 1.37. The van der Waals surface area contributed by atoms with Gasteiger partial charge < -0.3 is 9.47 Å². The van der Waals surface area contributed by atoms with E-state index in [1.54, 1.807) is 0 Å². The number of hydrogen-bond donors (Lipinski definition) is 0. The van der Waals surface area contributed by atoms with Crippen LogP contribution < -0.4 is 0 Å². The quantitative estimate of drug-likeness (QED) is 0.502. The van der Waals surface area contributed by atoms with Crippen molar-refractivity contribution in [3.63, 3.8) is 0 Å². The van der Waals surface area contributed by atoms with Gasteiger partial charge in [0.2, 0.25) is 5.60 Å². The fourth-order valence-corrected chi connectivity index (χ4v) is 6.45. The number of hydrogen-bond acceptors (Lipinski definition) is 4. The highest BCUT2D eigenvalue weighted by atomic mass is 16.6. The van der Waals surface area contributed by atoms with Crippen molar-refractivity contribution in [1.29, 1.82) is 0 Å². The Bertz CT molecular complexity index is 809. The van der Waals surface area contributed by atoms with Gasteiger partial charge in [-0.3, -0.25) is 4.79 Å². The number of methoxy groups -OCH3 is 1. The monoisotopic (exact) mass is 398 g/mol. The second kappa shape index (κ2) is 7.62. The zero-order valence-corrected chi connectivity index (χ0v) is 18.6. The first-order valence-corrected chi connectivity index (χ1v) is 10.6. The fourth-order valence-electron chi connectivity index (χ4n) is 6.45. The van der Waals surface area contributed by atoms with E-state index in [-0.39, 0.29) is 16.7 Å². The van der Waals surface area contributed by atoms with Crippen molar-refractivity contribution in [2.45, 2.75) is 65.9 Å². The third-order valence-corrected chi connectivity index (χ3v) is 7.47. The maximum Gasteiger partial charge on any atom is 0.355 e. The summed E-state index contributed by atoms with van der Waals surface area (Å²) in [5, 5.41) is 0. The van der Waals surface area contributed by atoms with Gasteiger partial charge in [0.05, 0.1) is 7.11 Å². The lowest BCUT2D eigenvalue weighted by atomic mass is 9.45. The van der Waals surface area contributed by atoms with E-state index in [2.05, 4.69) is 33.8 Å². The second-order valence-electron chi connectivity index (χ2n) is 9.70. The Balaban J connectivity index is 2.31. The molecule has 4 nitrogen and oxygen atoms in total. The Labute approximate surface area is 174 Å². The van der Waals surface area contributed by atoms with E-state index in [1.165, 1.54) is 14.0 Å². The smallest absolute Gasteiger partial charge is 0.355 e. The van der Waals surface area contributed by atoms with E-state index in [1.807, 2.05) is 30.3 Å². The molecule has 4 atom stereocenters. The largest absolute Gasteiger partial charge is 0.466 e. The molecule has 0 bridgehead atoms. The van der Waals surface area contributed by atoms with Crippen molar-refractivity contribution < 1.29 is 19.1 Å². The molecule has 2 aliphatic rings. The van der Waals surface area contributed by atoms with Gasteiger partial charge in [-0.15, -0.1) is 0 Å². The summed E-state index contributed by atoms with van der Waals surface area (Å²) >= 11 is 0. The summed E-state index contributed by atoms with van der Waals surface area (Å²) in [6, 6.07) is 9.39. The number of carbonyl (C=O) groups is 2. The van der Waals surface area contributed by atoms with Crippen molar-refractivity contribution in [2.75, 3.05) is 7.11 Å². The number of allylic oxidation sites excluding steroid dienone is 1. The molecule has 1 aromatic carbocycles. The Kier molecular flexibility index (Phi) is 5.68. The van der Waals surface area contributed by atoms with Crippen molar-refractivity contribution in [3.8, 4) is 0 Å². The van der Waals surface area contributed by atoms with Gasteiger partial charge in [0.1, 0.15) is 0 Å². The lowest BCUT2D eigenvalue weighted by Crippen LogP contribution is -2.59. The molecule has 0 amide bonds. The van der Waals surface area contributed by atoms with Crippen LogP contribution in [-0.4, -0.2) is 19.0 Å². The lowest BCUT2D eigenvalue weighted by Gasteiger charge is -2.59. The van der Waals surface area contributed by atoms with Gasteiger partial charge in [-0.2, -0.15) is 0 Å². The highest BCUT2D eigenvalue weighted by Gasteiger charge is 2.63. The normalized spacial score (nSPS) is 30.3. The highest BCUT2D eigenvalue weighted by Crippen LogP contribution is 2.64. The van der Waals surface area contributed by atoms with E-state index in [0.29, 0.717) is 11.5 Å². The van der Waals surface area contributed by atoms with E-state index >= 15 is 0 Å². The van der Waals surface area contributed by atoms with Gasteiger partial charge in [0.15, 0.2) is 0 Å². The van der Waals surface area contributed by atoms with Crippen LogP contribution in [0.2, 0.25) is 0 Å². The first-order chi connectivity index (χ1) is 13.6. The Morgan fingerprint density at radius 1 is 1.10 bits per heavy atom. The van der Waals surface area contributed by atoms with Crippen LogP contribution >= 0.6 is 0 Å². The van der Waals surface area contributed by atoms with Crippen LogP contribution in [0.25, 0.3) is 0 Å². The predicted molar refractivity (Wildman–Crippen MR) is 113 cm³/mol. The molecule has 2 aliphatic carbocycles.